The second kappa shape index (κ2) is 9.20. The Hall–Kier alpha value is -3.10. The van der Waals surface area contributed by atoms with Crippen LogP contribution in [0.15, 0.2) is 24.3 Å². The lowest BCUT2D eigenvalue weighted by molar-refractivity contribution is -0.131. The Morgan fingerprint density at radius 1 is 1.04 bits per heavy atom. The number of carbonyl (C=O) groups excluding carboxylic acids is 4. The first kappa shape index (κ1) is 19.7. The largest absolute Gasteiger partial charge is 0.368 e. The zero-order chi connectivity index (χ0) is 19.9. The summed E-state index contributed by atoms with van der Waals surface area (Å²) in [5.74, 6) is -0.126. The SMILES string of the molecule is O=CNCCCC(=O)N1CCN(c2ccc(N3CCC(=O)NC3=O)cc2)CC1. The molecule has 0 saturated carbocycles. The molecule has 2 N–H and O–H groups in total. The Morgan fingerprint density at radius 3 is 2.36 bits per heavy atom. The van der Waals surface area contributed by atoms with Crippen LogP contribution in [-0.2, 0) is 14.4 Å². The predicted octanol–water partition coefficient (Wildman–Crippen LogP) is 0.308. The number of hydrogen-bond donors (Lipinski definition) is 2. The van der Waals surface area contributed by atoms with Gasteiger partial charge in [-0.1, -0.05) is 0 Å². The zero-order valence-electron chi connectivity index (χ0n) is 15.7. The van der Waals surface area contributed by atoms with E-state index in [-0.39, 0.29) is 17.8 Å². The van der Waals surface area contributed by atoms with E-state index < -0.39 is 0 Å². The zero-order valence-corrected chi connectivity index (χ0v) is 15.7. The number of amides is 5. The molecule has 2 heterocycles. The van der Waals surface area contributed by atoms with E-state index in [0.29, 0.717) is 51.9 Å². The molecule has 9 heteroatoms. The third-order valence-corrected chi connectivity index (χ3v) is 5.01. The molecule has 0 aromatic heterocycles. The average Bonchev–Trinajstić information content (AvgIpc) is 2.71. The number of rotatable bonds is 7. The predicted molar refractivity (Wildman–Crippen MR) is 104 cm³/mol. The van der Waals surface area contributed by atoms with E-state index in [9.17, 15) is 19.2 Å². The van der Waals surface area contributed by atoms with E-state index in [1.165, 1.54) is 0 Å². The van der Waals surface area contributed by atoms with E-state index >= 15 is 0 Å². The Bertz CT molecular complexity index is 728. The van der Waals surface area contributed by atoms with E-state index in [1.807, 2.05) is 29.2 Å². The van der Waals surface area contributed by atoms with Crippen molar-refractivity contribution in [3.8, 4) is 0 Å². The smallest absolute Gasteiger partial charge is 0.328 e. The molecule has 2 fully saturated rings. The summed E-state index contributed by atoms with van der Waals surface area (Å²) in [5.41, 5.74) is 1.80. The van der Waals surface area contributed by atoms with Crippen molar-refractivity contribution in [3.63, 3.8) is 0 Å². The van der Waals surface area contributed by atoms with Crippen LogP contribution in [0.5, 0.6) is 0 Å². The second-order valence-electron chi connectivity index (χ2n) is 6.81. The fourth-order valence-electron chi connectivity index (χ4n) is 3.43. The van der Waals surface area contributed by atoms with E-state index in [2.05, 4.69) is 15.5 Å². The van der Waals surface area contributed by atoms with Gasteiger partial charge in [0, 0.05) is 63.5 Å². The minimum atomic E-state index is -0.389. The highest BCUT2D eigenvalue weighted by atomic mass is 16.2. The van der Waals surface area contributed by atoms with Gasteiger partial charge in [-0.05, 0) is 30.7 Å². The second-order valence-corrected chi connectivity index (χ2v) is 6.81. The number of carbonyl (C=O) groups is 4. The summed E-state index contributed by atoms with van der Waals surface area (Å²) in [7, 11) is 0. The molecule has 150 valence electrons. The van der Waals surface area contributed by atoms with Gasteiger partial charge in [0.1, 0.15) is 0 Å². The minimum absolute atomic E-state index is 0.119. The van der Waals surface area contributed by atoms with Crippen molar-refractivity contribution in [3.05, 3.63) is 24.3 Å². The van der Waals surface area contributed by atoms with Gasteiger partial charge in [0.15, 0.2) is 0 Å². The van der Waals surface area contributed by atoms with Gasteiger partial charge in [-0.15, -0.1) is 0 Å². The molecule has 2 saturated heterocycles. The van der Waals surface area contributed by atoms with Gasteiger partial charge in [0.05, 0.1) is 0 Å². The van der Waals surface area contributed by atoms with Crippen LogP contribution in [0.1, 0.15) is 19.3 Å². The summed E-state index contributed by atoms with van der Waals surface area (Å²) in [6, 6.07) is 7.28. The van der Waals surface area contributed by atoms with Crippen LogP contribution in [0, 0.1) is 0 Å². The molecule has 9 nitrogen and oxygen atoms in total. The third-order valence-electron chi connectivity index (χ3n) is 5.01. The summed E-state index contributed by atoms with van der Waals surface area (Å²) < 4.78 is 0. The lowest BCUT2D eigenvalue weighted by atomic mass is 10.2. The van der Waals surface area contributed by atoms with Crippen molar-refractivity contribution in [1.29, 1.82) is 0 Å². The fraction of sp³-hybridized carbons (Fsp3) is 0.474. The van der Waals surface area contributed by atoms with Crippen LogP contribution in [-0.4, -0.2) is 68.4 Å². The maximum atomic E-state index is 12.2. The van der Waals surface area contributed by atoms with Gasteiger partial charge >= 0.3 is 6.03 Å². The van der Waals surface area contributed by atoms with Crippen molar-refractivity contribution in [1.82, 2.24) is 15.5 Å². The van der Waals surface area contributed by atoms with Crippen molar-refractivity contribution in [2.45, 2.75) is 19.3 Å². The Labute approximate surface area is 163 Å². The van der Waals surface area contributed by atoms with Crippen LogP contribution in [0.4, 0.5) is 16.2 Å². The molecule has 0 spiro atoms. The summed E-state index contributed by atoms with van der Waals surface area (Å²) in [6.45, 7) is 3.72. The van der Waals surface area contributed by atoms with Crippen molar-refractivity contribution in [2.75, 3.05) is 49.1 Å². The number of anilines is 2. The normalized spacial score (nSPS) is 17.4. The number of hydrogen-bond acceptors (Lipinski definition) is 5. The molecule has 0 unspecified atom stereocenters. The summed E-state index contributed by atoms with van der Waals surface area (Å²) in [4.78, 5) is 51.2. The lowest BCUT2D eigenvalue weighted by Gasteiger charge is -2.36. The molecule has 0 radical (unpaired) electrons. The molecule has 2 aliphatic heterocycles. The van der Waals surface area contributed by atoms with Crippen LogP contribution in [0.3, 0.4) is 0 Å². The monoisotopic (exact) mass is 387 g/mol. The Kier molecular flexibility index (Phi) is 6.46. The first-order valence-electron chi connectivity index (χ1n) is 9.49. The number of nitrogens with one attached hydrogen (secondary N) is 2. The highest BCUT2D eigenvalue weighted by molar-refractivity contribution is 6.05. The quantitative estimate of drug-likeness (QED) is 0.518. The first-order chi connectivity index (χ1) is 13.6. The molecule has 0 atom stereocenters. The number of piperazine rings is 1. The molecule has 1 aromatic rings. The van der Waals surface area contributed by atoms with Gasteiger partial charge in [-0.25, -0.2) is 4.79 Å². The summed E-state index contributed by atoms with van der Waals surface area (Å²) in [6.07, 6.45) is 2.03. The number of nitrogens with zero attached hydrogens (tertiary/aromatic N) is 3. The van der Waals surface area contributed by atoms with Gasteiger partial charge < -0.3 is 15.1 Å². The summed E-state index contributed by atoms with van der Waals surface area (Å²) in [5, 5.41) is 4.89. The van der Waals surface area contributed by atoms with Crippen molar-refractivity contribution in [2.24, 2.45) is 0 Å². The fourth-order valence-corrected chi connectivity index (χ4v) is 3.43. The highest BCUT2D eigenvalue weighted by Gasteiger charge is 2.25. The number of urea groups is 1. The van der Waals surface area contributed by atoms with Gasteiger partial charge in [0.2, 0.25) is 18.2 Å². The molecular formula is C19H25N5O4. The summed E-state index contributed by atoms with van der Waals surface area (Å²) >= 11 is 0. The molecular weight excluding hydrogens is 362 g/mol. The van der Waals surface area contributed by atoms with E-state index in [4.69, 9.17) is 0 Å². The maximum absolute atomic E-state index is 12.2. The number of benzene rings is 1. The minimum Gasteiger partial charge on any atom is -0.368 e. The van der Waals surface area contributed by atoms with Crippen LogP contribution >= 0.6 is 0 Å². The van der Waals surface area contributed by atoms with Gasteiger partial charge in [-0.3, -0.25) is 24.6 Å². The standard InChI is InChI=1S/C19H25N5O4/c25-14-20-8-1-2-18(27)23-12-10-22(11-13-23)15-3-5-16(6-4-15)24-9-7-17(26)21-19(24)28/h3-6,14H,1-2,7-13H2,(H,20,25)(H,21,26,28). The van der Waals surface area contributed by atoms with Gasteiger partial charge in [-0.2, -0.15) is 0 Å². The Balaban J connectivity index is 1.49. The van der Waals surface area contributed by atoms with E-state index in [0.717, 1.165) is 24.5 Å². The first-order valence-corrected chi connectivity index (χ1v) is 9.49. The molecule has 1 aromatic carbocycles. The molecule has 28 heavy (non-hydrogen) atoms. The number of imide groups is 1. The van der Waals surface area contributed by atoms with Crippen molar-refractivity contribution >= 4 is 35.6 Å². The lowest BCUT2D eigenvalue weighted by Crippen LogP contribution is -2.49. The van der Waals surface area contributed by atoms with Crippen LogP contribution in [0.25, 0.3) is 0 Å². The van der Waals surface area contributed by atoms with Crippen LogP contribution in [0.2, 0.25) is 0 Å². The Morgan fingerprint density at radius 2 is 1.71 bits per heavy atom. The van der Waals surface area contributed by atoms with E-state index in [1.54, 1.807) is 4.90 Å². The third kappa shape index (κ3) is 4.79. The molecule has 5 amide bonds. The topological polar surface area (TPSA) is 102 Å². The molecule has 0 bridgehead atoms. The molecule has 0 aliphatic carbocycles. The molecule has 2 aliphatic rings. The molecule has 3 rings (SSSR count). The van der Waals surface area contributed by atoms with Crippen LogP contribution < -0.4 is 20.4 Å². The average molecular weight is 387 g/mol. The van der Waals surface area contributed by atoms with Crippen molar-refractivity contribution < 1.29 is 19.2 Å². The highest BCUT2D eigenvalue weighted by Crippen LogP contribution is 2.23. The van der Waals surface area contributed by atoms with Gasteiger partial charge in [0.25, 0.3) is 0 Å². The maximum Gasteiger partial charge on any atom is 0.328 e.